The number of carbonyl (C=O) groups excluding carboxylic acids is 3. The second kappa shape index (κ2) is 13.8. The minimum atomic E-state index is -0.611. The van der Waals surface area contributed by atoms with E-state index in [9.17, 15) is 19.5 Å². The molecule has 9 rings (SSSR count). The zero-order valence-corrected chi connectivity index (χ0v) is 31.1. The first kappa shape index (κ1) is 35.0. The Kier molecular flexibility index (Phi) is 8.79. The molecule has 3 N–H and O–H groups in total. The molecular formula is C41H45N9O5. The van der Waals surface area contributed by atoms with Gasteiger partial charge < -0.3 is 29.9 Å². The first-order valence-electron chi connectivity index (χ1n) is 19.2. The fraction of sp³-hybridized carbons (Fsp3) is 0.415. The van der Waals surface area contributed by atoms with Crippen LogP contribution in [0.3, 0.4) is 0 Å². The van der Waals surface area contributed by atoms with Gasteiger partial charge in [0.15, 0.2) is 5.82 Å². The zero-order chi connectivity index (χ0) is 37.8. The van der Waals surface area contributed by atoms with Gasteiger partial charge in [0.2, 0.25) is 17.7 Å². The maximum atomic E-state index is 13.4. The standard InChI is InChI=1S/C41H45N9O5/c1-3-41-19-29(23-50(41)34-18-32(45-46-37(34)43-24-41)30-6-4-5-7-35(30)51)55-39-25(2)16-26(20-42-39)21-47-12-14-48(15-13-47)28-9-8-27-22-49(40(54)31(27)17-28)33-10-11-36(52)44-38(33)53/h4-9,16-18,20,29,33,51H,3,10-15,19,21-24H2,1-2H3,(H,43,46)(H,44,52,53)/t29-,33+,41+/m1/s1. The molecule has 3 amide bonds. The Bertz CT molecular complexity index is 2190. The molecule has 0 radical (unpaired) electrons. The quantitative estimate of drug-likeness (QED) is 0.225. The number of piperazine rings is 1. The smallest absolute Gasteiger partial charge is 0.255 e. The second-order valence-corrected chi connectivity index (χ2v) is 15.4. The van der Waals surface area contributed by atoms with Crippen LogP contribution < -0.4 is 25.2 Å². The van der Waals surface area contributed by atoms with Gasteiger partial charge in [-0.05, 0) is 67.3 Å². The highest BCUT2D eigenvalue weighted by Crippen LogP contribution is 2.45. The van der Waals surface area contributed by atoms with E-state index < -0.39 is 11.9 Å². The number of phenols is 1. The molecule has 5 aliphatic heterocycles. The minimum absolute atomic E-state index is 0.0606. The summed E-state index contributed by atoms with van der Waals surface area (Å²) in [4.78, 5) is 51.0. The highest BCUT2D eigenvalue weighted by Gasteiger charge is 2.49. The Morgan fingerprint density at radius 1 is 1.00 bits per heavy atom. The lowest BCUT2D eigenvalue weighted by Gasteiger charge is -2.43. The van der Waals surface area contributed by atoms with Crippen molar-refractivity contribution in [1.82, 2.24) is 30.3 Å². The normalized spacial score (nSPS) is 23.6. The van der Waals surface area contributed by atoms with E-state index in [1.165, 1.54) is 0 Å². The fourth-order valence-electron chi connectivity index (χ4n) is 8.99. The molecule has 3 fully saturated rings. The molecule has 4 aromatic rings. The minimum Gasteiger partial charge on any atom is -0.507 e. The van der Waals surface area contributed by atoms with E-state index in [-0.39, 0.29) is 35.6 Å². The lowest BCUT2D eigenvalue weighted by molar-refractivity contribution is -0.136. The van der Waals surface area contributed by atoms with Crippen molar-refractivity contribution in [3.63, 3.8) is 0 Å². The number of carbonyl (C=O) groups is 3. The molecule has 7 heterocycles. The first-order valence-corrected chi connectivity index (χ1v) is 19.2. The number of aryl methyl sites for hydroxylation is 1. The van der Waals surface area contributed by atoms with Crippen LogP contribution in [0.4, 0.5) is 17.2 Å². The van der Waals surface area contributed by atoms with Crippen LogP contribution in [0.2, 0.25) is 0 Å². The van der Waals surface area contributed by atoms with Crippen molar-refractivity contribution in [1.29, 1.82) is 0 Å². The van der Waals surface area contributed by atoms with E-state index in [0.717, 1.165) is 86.0 Å². The number of imide groups is 1. The van der Waals surface area contributed by atoms with Crippen molar-refractivity contribution >= 4 is 34.9 Å². The molecule has 284 valence electrons. The molecular weight excluding hydrogens is 699 g/mol. The molecule has 0 unspecified atom stereocenters. The highest BCUT2D eigenvalue weighted by molar-refractivity contribution is 6.05. The summed E-state index contributed by atoms with van der Waals surface area (Å²) in [5, 5.41) is 25.3. The summed E-state index contributed by atoms with van der Waals surface area (Å²) in [6, 6.07) is 16.8. The van der Waals surface area contributed by atoms with Crippen LogP contribution in [-0.4, -0.2) is 105 Å². The number of fused-ring (bicyclic) bond motifs is 4. The van der Waals surface area contributed by atoms with E-state index in [0.29, 0.717) is 42.2 Å². The van der Waals surface area contributed by atoms with E-state index in [4.69, 9.17) is 9.72 Å². The summed E-state index contributed by atoms with van der Waals surface area (Å²) in [5.74, 6) is 0.748. The number of hydrogen-bond donors (Lipinski definition) is 3. The summed E-state index contributed by atoms with van der Waals surface area (Å²) in [5.41, 5.74) is 6.81. The van der Waals surface area contributed by atoms with Crippen molar-refractivity contribution in [2.24, 2.45) is 0 Å². The molecule has 2 aromatic carbocycles. The SMILES string of the molecule is CC[C@]12CNc3nnc(-c4ccccc4O)cc3N1C[C@H](Oc1ncc(CN3CCN(c4ccc5c(c4)C(=O)N([C@H]4CCC(=O)NC4=O)C5)CC3)cc1C)C2. The predicted octanol–water partition coefficient (Wildman–Crippen LogP) is 3.87. The van der Waals surface area contributed by atoms with Crippen molar-refractivity contribution in [2.75, 3.05) is 54.4 Å². The molecule has 14 heteroatoms. The fourth-order valence-corrected chi connectivity index (χ4v) is 8.99. The van der Waals surface area contributed by atoms with Crippen LogP contribution in [0.5, 0.6) is 11.6 Å². The number of ether oxygens (including phenoxy) is 1. The van der Waals surface area contributed by atoms with Gasteiger partial charge in [-0.3, -0.25) is 24.6 Å². The molecule has 55 heavy (non-hydrogen) atoms. The third-order valence-electron chi connectivity index (χ3n) is 12.1. The van der Waals surface area contributed by atoms with Gasteiger partial charge in [0.1, 0.15) is 17.9 Å². The maximum absolute atomic E-state index is 13.4. The number of rotatable bonds is 8. The molecule has 0 bridgehead atoms. The molecule has 3 atom stereocenters. The Hall–Kier alpha value is -5.76. The predicted molar refractivity (Wildman–Crippen MR) is 206 cm³/mol. The van der Waals surface area contributed by atoms with Crippen LogP contribution in [0.25, 0.3) is 11.3 Å². The van der Waals surface area contributed by atoms with Gasteiger partial charge in [-0.25, -0.2) is 4.98 Å². The third kappa shape index (κ3) is 6.37. The lowest BCUT2D eigenvalue weighted by Crippen LogP contribution is -2.52. The van der Waals surface area contributed by atoms with Crippen molar-refractivity contribution < 1.29 is 24.2 Å². The van der Waals surface area contributed by atoms with Crippen molar-refractivity contribution in [3.05, 3.63) is 83.0 Å². The van der Waals surface area contributed by atoms with Gasteiger partial charge in [0.05, 0.1) is 23.5 Å². The molecule has 3 saturated heterocycles. The van der Waals surface area contributed by atoms with Crippen LogP contribution >= 0.6 is 0 Å². The van der Waals surface area contributed by atoms with Gasteiger partial charge in [0, 0.05) is 87.2 Å². The lowest BCUT2D eigenvalue weighted by atomic mass is 9.90. The second-order valence-electron chi connectivity index (χ2n) is 15.4. The van der Waals surface area contributed by atoms with Crippen molar-refractivity contribution in [3.8, 4) is 22.9 Å². The molecule has 2 aromatic heterocycles. The van der Waals surface area contributed by atoms with Gasteiger partial charge >= 0.3 is 0 Å². The summed E-state index contributed by atoms with van der Waals surface area (Å²) >= 11 is 0. The molecule has 0 spiro atoms. The largest absolute Gasteiger partial charge is 0.507 e. The molecule has 5 aliphatic rings. The summed E-state index contributed by atoms with van der Waals surface area (Å²) < 4.78 is 6.63. The van der Waals surface area contributed by atoms with Gasteiger partial charge in [0.25, 0.3) is 5.91 Å². The van der Waals surface area contributed by atoms with Gasteiger partial charge in [-0.15, -0.1) is 10.2 Å². The van der Waals surface area contributed by atoms with Gasteiger partial charge in [-0.2, -0.15) is 0 Å². The number of nitrogens with one attached hydrogen (secondary N) is 2. The number of aromatic hydroxyl groups is 1. The zero-order valence-electron chi connectivity index (χ0n) is 31.1. The van der Waals surface area contributed by atoms with E-state index in [1.54, 1.807) is 17.0 Å². The summed E-state index contributed by atoms with van der Waals surface area (Å²) in [7, 11) is 0. The Morgan fingerprint density at radius 2 is 1.84 bits per heavy atom. The van der Waals surface area contributed by atoms with Crippen LogP contribution in [0, 0.1) is 6.92 Å². The number of hydrogen-bond acceptors (Lipinski definition) is 12. The number of phenolic OH excluding ortho intramolecular Hbond substituents is 1. The first-order chi connectivity index (χ1) is 26.7. The summed E-state index contributed by atoms with van der Waals surface area (Å²) in [6.45, 7) is 10.3. The van der Waals surface area contributed by atoms with E-state index in [2.05, 4.69) is 61.5 Å². The van der Waals surface area contributed by atoms with Crippen molar-refractivity contribution in [2.45, 2.75) is 70.3 Å². The molecule has 14 nitrogen and oxygen atoms in total. The Morgan fingerprint density at radius 3 is 2.62 bits per heavy atom. The van der Waals surface area contributed by atoms with Crippen LogP contribution in [-0.2, 0) is 22.7 Å². The number of aromatic nitrogens is 3. The Balaban J connectivity index is 0.815. The maximum Gasteiger partial charge on any atom is 0.255 e. The van der Waals surface area contributed by atoms with Gasteiger partial charge in [-0.1, -0.05) is 25.1 Å². The monoisotopic (exact) mass is 743 g/mol. The van der Waals surface area contributed by atoms with Crippen LogP contribution in [0.15, 0.2) is 60.8 Å². The van der Waals surface area contributed by atoms with E-state index in [1.807, 2.05) is 36.5 Å². The topological polar surface area (TPSA) is 156 Å². The van der Waals surface area contributed by atoms with E-state index >= 15 is 0 Å². The highest BCUT2D eigenvalue weighted by atomic mass is 16.5. The number of benzene rings is 2. The molecule has 0 aliphatic carbocycles. The molecule has 0 saturated carbocycles. The average molecular weight is 744 g/mol. The number of pyridine rings is 1. The number of nitrogens with zero attached hydrogens (tertiary/aromatic N) is 7. The average Bonchev–Trinajstić information content (AvgIpc) is 3.73. The summed E-state index contributed by atoms with van der Waals surface area (Å²) in [6.07, 6.45) is 4.24. The number of para-hydroxylation sites is 1. The number of amides is 3. The van der Waals surface area contributed by atoms with Crippen LogP contribution in [0.1, 0.15) is 59.7 Å². The Labute approximate surface area is 319 Å². The number of anilines is 3. The number of piperidine rings is 1. The third-order valence-corrected chi connectivity index (χ3v) is 12.1.